The van der Waals surface area contributed by atoms with Crippen molar-refractivity contribution in [2.45, 2.75) is 18.9 Å². The highest BCUT2D eigenvalue weighted by Crippen LogP contribution is 2.35. The summed E-state index contributed by atoms with van der Waals surface area (Å²) in [6.07, 6.45) is 5.93. The van der Waals surface area contributed by atoms with Crippen LogP contribution in [-0.2, 0) is 7.05 Å². The summed E-state index contributed by atoms with van der Waals surface area (Å²) in [4.78, 5) is 17.9. The van der Waals surface area contributed by atoms with E-state index in [0.29, 0.717) is 11.6 Å². The molecule has 0 radical (unpaired) electrons. The van der Waals surface area contributed by atoms with E-state index in [-0.39, 0.29) is 0 Å². The number of amides is 1. The van der Waals surface area contributed by atoms with E-state index in [0.717, 1.165) is 65.2 Å². The zero-order chi connectivity index (χ0) is 22.9. The number of fused-ring (bicyclic) bond motifs is 1. The number of aromatic nitrogens is 3. The van der Waals surface area contributed by atoms with Crippen molar-refractivity contribution in [3.63, 3.8) is 0 Å². The molecule has 4 aromatic rings. The monoisotopic (exact) mass is 444 g/mol. The van der Waals surface area contributed by atoms with Crippen LogP contribution in [0.5, 0.6) is 5.75 Å². The molecule has 33 heavy (non-hydrogen) atoms. The maximum absolute atomic E-state index is 12.1. The van der Waals surface area contributed by atoms with Gasteiger partial charge in [-0.15, -0.1) is 0 Å². The minimum Gasteiger partial charge on any atom is -0.497 e. The number of hydrogen-bond donors (Lipinski definition) is 3. The summed E-state index contributed by atoms with van der Waals surface area (Å²) in [5.41, 5.74) is 11.0. The molecule has 5 rings (SSSR count). The molecule has 1 fully saturated rings. The molecule has 0 saturated carbocycles. The number of nitrogens with two attached hydrogens (primary N) is 1. The van der Waals surface area contributed by atoms with Crippen molar-refractivity contribution in [1.29, 1.82) is 0 Å². The lowest BCUT2D eigenvalue weighted by Crippen LogP contribution is -2.42. The minimum atomic E-state index is -0.441. The molecule has 8 heteroatoms. The van der Waals surface area contributed by atoms with Gasteiger partial charge >= 0.3 is 0 Å². The lowest BCUT2D eigenvalue weighted by Gasteiger charge is -2.35. The number of carbonyl (C=O) groups excluding carboxylic acids is 1. The third-order valence-electron chi connectivity index (χ3n) is 6.28. The third-order valence-corrected chi connectivity index (χ3v) is 6.28. The Morgan fingerprint density at radius 3 is 2.76 bits per heavy atom. The standard InChI is InChI=1S/C25H28N6O2/c1-30-14-16(13-27-30)22-12-21-23(10-9-20(25(26)32)24(21)29-22)31-11-3-4-18(15-31)28-17-5-7-19(33-2)8-6-17/h5-10,12-14,18,28-29H,3-4,11,15H2,1-2H3,(H2,26,32). The Hall–Kier alpha value is -3.94. The molecule has 1 saturated heterocycles. The van der Waals surface area contributed by atoms with Crippen LogP contribution in [0.2, 0.25) is 0 Å². The number of hydrogen-bond acceptors (Lipinski definition) is 5. The number of piperidine rings is 1. The lowest BCUT2D eigenvalue weighted by molar-refractivity contribution is 0.100. The molecule has 0 spiro atoms. The second-order valence-corrected chi connectivity index (χ2v) is 8.53. The number of anilines is 2. The molecule has 1 aliphatic rings. The van der Waals surface area contributed by atoms with Crippen LogP contribution in [0, 0.1) is 0 Å². The molecule has 0 bridgehead atoms. The second-order valence-electron chi connectivity index (χ2n) is 8.53. The van der Waals surface area contributed by atoms with Crippen molar-refractivity contribution < 1.29 is 9.53 Å². The third kappa shape index (κ3) is 4.11. The first-order valence-corrected chi connectivity index (χ1v) is 11.1. The molecule has 0 aliphatic carbocycles. The topological polar surface area (TPSA) is 101 Å². The van der Waals surface area contributed by atoms with E-state index in [1.54, 1.807) is 11.8 Å². The van der Waals surface area contributed by atoms with Gasteiger partial charge in [-0.1, -0.05) is 0 Å². The molecule has 2 aromatic carbocycles. The smallest absolute Gasteiger partial charge is 0.250 e. The molecule has 1 amide bonds. The van der Waals surface area contributed by atoms with Crippen molar-refractivity contribution in [3.8, 4) is 17.0 Å². The number of H-pyrrole nitrogens is 1. The van der Waals surface area contributed by atoms with E-state index < -0.39 is 5.91 Å². The first kappa shape index (κ1) is 20.9. The largest absolute Gasteiger partial charge is 0.497 e. The van der Waals surface area contributed by atoms with Gasteiger partial charge in [0, 0.05) is 60.4 Å². The summed E-state index contributed by atoms with van der Waals surface area (Å²) in [6.45, 7) is 1.82. The fourth-order valence-electron chi connectivity index (χ4n) is 4.64. The number of benzene rings is 2. The average Bonchev–Trinajstić information content (AvgIpc) is 3.45. The van der Waals surface area contributed by atoms with Gasteiger partial charge in [-0.2, -0.15) is 5.10 Å². The van der Waals surface area contributed by atoms with Crippen LogP contribution in [0.3, 0.4) is 0 Å². The van der Waals surface area contributed by atoms with Gasteiger partial charge in [0.2, 0.25) is 0 Å². The number of rotatable bonds is 6. The summed E-state index contributed by atoms with van der Waals surface area (Å²) in [5, 5.41) is 8.92. The molecule has 4 N–H and O–H groups in total. The predicted molar refractivity (Wildman–Crippen MR) is 131 cm³/mol. The van der Waals surface area contributed by atoms with E-state index in [1.165, 1.54) is 0 Å². The average molecular weight is 445 g/mol. The molecule has 1 atom stereocenters. The van der Waals surface area contributed by atoms with E-state index in [9.17, 15) is 4.79 Å². The van der Waals surface area contributed by atoms with E-state index in [2.05, 4.69) is 26.4 Å². The maximum Gasteiger partial charge on any atom is 0.250 e. The fourth-order valence-corrected chi connectivity index (χ4v) is 4.64. The Morgan fingerprint density at radius 2 is 2.06 bits per heavy atom. The van der Waals surface area contributed by atoms with Crippen molar-refractivity contribution >= 4 is 28.2 Å². The van der Waals surface area contributed by atoms with Gasteiger partial charge in [0.15, 0.2) is 0 Å². The molecule has 3 heterocycles. The van der Waals surface area contributed by atoms with Crippen LogP contribution < -0.4 is 20.7 Å². The predicted octanol–water partition coefficient (Wildman–Crippen LogP) is 3.76. The number of aryl methyl sites for hydroxylation is 1. The highest BCUT2D eigenvalue weighted by atomic mass is 16.5. The summed E-state index contributed by atoms with van der Waals surface area (Å²) in [6, 6.07) is 14.3. The van der Waals surface area contributed by atoms with Crippen LogP contribution in [0.25, 0.3) is 22.2 Å². The van der Waals surface area contributed by atoms with Gasteiger partial charge in [-0.05, 0) is 55.3 Å². The Morgan fingerprint density at radius 1 is 1.24 bits per heavy atom. The quantitative estimate of drug-likeness (QED) is 0.420. The summed E-state index contributed by atoms with van der Waals surface area (Å²) in [7, 11) is 3.56. The number of nitrogens with one attached hydrogen (secondary N) is 2. The highest BCUT2D eigenvalue weighted by molar-refractivity contribution is 6.09. The highest BCUT2D eigenvalue weighted by Gasteiger charge is 2.23. The zero-order valence-electron chi connectivity index (χ0n) is 18.8. The zero-order valence-corrected chi connectivity index (χ0v) is 18.8. The Bertz CT molecular complexity index is 1290. The Labute approximate surface area is 192 Å². The van der Waals surface area contributed by atoms with Crippen molar-refractivity contribution in [3.05, 3.63) is 60.4 Å². The van der Waals surface area contributed by atoms with E-state index in [1.807, 2.05) is 55.8 Å². The minimum absolute atomic E-state index is 0.315. The summed E-state index contributed by atoms with van der Waals surface area (Å²) in [5.74, 6) is 0.406. The molecular weight excluding hydrogens is 416 g/mol. The SMILES string of the molecule is COc1ccc(NC2CCCN(c3ccc(C(N)=O)c4[nH]c(-c5cnn(C)c5)cc34)C2)cc1. The number of nitrogens with zero attached hydrogens (tertiary/aromatic N) is 3. The van der Waals surface area contributed by atoms with Crippen molar-refractivity contribution in [1.82, 2.24) is 14.8 Å². The Balaban J connectivity index is 1.46. The van der Waals surface area contributed by atoms with Crippen LogP contribution >= 0.6 is 0 Å². The van der Waals surface area contributed by atoms with Gasteiger partial charge in [-0.25, -0.2) is 0 Å². The maximum atomic E-state index is 12.1. The lowest BCUT2D eigenvalue weighted by atomic mass is 10.0. The molecule has 8 nitrogen and oxygen atoms in total. The van der Waals surface area contributed by atoms with Crippen LogP contribution in [0.15, 0.2) is 54.9 Å². The molecule has 170 valence electrons. The number of primary amides is 1. The van der Waals surface area contributed by atoms with E-state index >= 15 is 0 Å². The number of methoxy groups -OCH3 is 1. The molecule has 1 aliphatic heterocycles. The number of ether oxygens (including phenoxy) is 1. The van der Waals surface area contributed by atoms with Gasteiger partial charge in [0.05, 0.1) is 24.4 Å². The first-order valence-electron chi connectivity index (χ1n) is 11.1. The van der Waals surface area contributed by atoms with Crippen LogP contribution in [0.4, 0.5) is 11.4 Å². The van der Waals surface area contributed by atoms with Gasteiger partial charge in [0.1, 0.15) is 5.75 Å². The fraction of sp³-hybridized carbons (Fsp3) is 0.280. The normalized spacial score (nSPS) is 16.2. The van der Waals surface area contributed by atoms with Gasteiger partial charge < -0.3 is 25.7 Å². The summed E-state index contributed by atoms with van der Waals surface area (Å²) >= 11 is 0. The van der Waals surface area contributed by atoms with Crippen molar-refractivity contribution in [2.75, 3.05) is 30.4 Å². The first-order chi connectivity index (χ1) is 16.0. The number of carbonyl (C=O) groups is 1. The summed E-state index contributed by atoms with van der Waals surface area (Å²) < 4.78 is 7.02. The Kier molecular flexibility index (Phi) is 5.42. The molecular formula is C25H28N6O2. The van der Waals surface area contributed by atoms with Gasteiger partial charge in [0.25, 0.3) is 5.91 Å². The van der Waals surface area contributed by atoms with Crippen LogP contribution in [0.1, 0.15) is 23.2 Å². The molecule has 1 unspecified atom stereocenters. The number of aromatic amines is 1. The van der Waals surface area contributed by atoms with Gasteiger partial charge in [-0.3, -0.25) is 9.48 Å². The van der Waals surface area contributed by atoms with E-state index in [4.69, 9.17) is 10.5 Å². The second kappa shape index (κ2) is 8.54. The van der Waals surface area contributed by atoms with Crippen molar-refractivity contribution in [2.24, 2.45) is 12.8 Å². The molecule has 2 aromatic heterocycles. The van der Waals surface area contributed by atoms with Crippen LogP contribution in [-0.4, -0.2) is 46.9 Å².